The number of amides is 1. The predicted molar refractivity (Wildman–Crippen MR) is 83.2 cm³/mol. The Morgan fingerprint density at radius 2 is 2.30 bits per heavy atom. The monoisotopic (exact) mass is 314 g/mol. The Balaban J connectivity index is 0.00000200. The van der Waals surface area contributed by atoms with E-state index in [1.165, 1.54) is 10.4 Å². The number of hydrogen-bond donors (Lipinski definition) is 2. The van der Waals surface area contributed by atoms with Gasteiger partial charge < -0.3 is 10.6 Å². The van der Waals surface area contributed by atoms with Crippen molar-refractivity contribution in [3.05, 3.63) is 39.8 Å². The zero-order chi connectivity index (χ0) is 13.8. The topological polar surface area (TPSA) is 59.0 Å². The van der Waals surface area contributed by atoms with Crippen LogP contribution in [0.4, 0.5) is 0 Å². The second-order valence-corrected chi connectivity index (χ2v) is 5.41. The summed E-state index contributed by atoms with van der Waals surface area (Å²) < 4.78 is 1.69. The third-order valence-electron chi connectivity index (χ3n) is 3.00. The van der Waals surface area contributed by atoms with Crippen LogP contribution in [0, 0.1) is 6.92 Å². The van der Waals surface area contributed by atoms with Crippen molar-refractivity contribution in [3.63, 3.8) is 0 Å². The highest BCUT2D eigenvalue weighted by molar-refractivity contribution is 7.10. The fraction of sp³-hybridized carbons (Fsp3) is 0.385. The number of aromatic nitrogens is 2. The van der Waals surface area contributed by atoms with Gasteiger partial charge in [-0.25, -0.2) is 0 Å². The minimum Gasteiger partial charge on any atom is -0.350 e. The summed E-state index contributed by atoms with van der Waals surface area (Å²) in [4.78, 5) is 13.4. The second-order valence-electron chi connectivity index (χ2n) is 4.41. The van der Waals surface area contributed by atoms with Crippen molar-refractivity contribution in [2.45, 2.75) is 19.5 Å². The van der Waals surface area contributed by atoms with Crippen molar-refractivity contribution in [2.24, 2.45) is 7.05 Å². The molecule has 0 aliphatic rings. The molecule has 5 nitrogen and oxygen atoms in total. The van der Waals surface area contributed by atoms with Gasteiger partial charge in [0.2, 0.25) is 5.91 Å². The van der Waals surface area contributed by atoms with Crippen molar-refractivity contribution in [2.75, 3.05) is 7.05 Å². The molecule has 0 fully saturated rings. The van der Waals surface area contributed by atoms with Gasteiger partial charge >= 0.3 is 0 Å². The van der Waals surface area contributed by atoms with E-state index in [9.17, 15) is 4.79 Å². The minimum absolute atomic E-state index is 0. The van der Waals surface area contributed by atoms with E-state index < -0.39 is 0 Å². The summed E-state index contributed by atoms with van der Waals surface area (Å²) in [5.41, 5.74) is 2.08. The van der Waals surface area contributed by atoms with Gasteiger partial charge in [-0.3, -0.25) is 9.48 Å². The van der Waals surface area contributed by atoms with E-state index in [0.29, 0.717) is 6.54 Å². The first-order chi connectivity index (χ1) is 9.11. The van der Waals surface area contributed by atoms with E-state index in [4.69, 9.17) is 0 Å². The highest BCUT2D eigenvalue weighted by Crippen LogP contribution is 2.16. The lowest BCUT2D eigenvalue weighted by Crippen LogP contribution is -2.35. The van der Waals surface area contributed by atoms with Crippen LogP contribution in [0.1, 0.15) is 22.0 Å². The maximum atomic E-state index is 12.2. The summed E-state index contributed by atoms with van der Waals surface area (Å²) in [6.45, 7) is 2.62. The lowest BCUT2D eigenvalue weighted by molar-refractivity contribution is -0.123. The summed E-state index contributed by atoms with van der Waals surface area (Å²) in [5.74, 6) is -0.0386. The maximum absolute atomic E-state index is 12.2. The second kappa shape index (κ2) is 7.42. The highest BCUT2D eigenvalue weighted by atomic mass is 35.5. The average Bonchev–Trinajstić information content (AvgIpc) is 2.97. The Hall–Kier alpha value is -1.37. The third kappa shape index (κ3) is 3.82. The summed E-state index contributed by atoms with van der Waals surface area (Å²) in [6, 6.07) is 1.69. The number of hydrogen-bond acceptors (Lipinski definition) is 4. The van der Waals surface area contributed by atoms with Gasteiger partial charge in [0, 0.05) is 23.7 Å². The minimum atomic E-state index is -0.367. The predicted octanol–water partition coefficient (Wildman–Crippen LogP) is 1.79. The molecule has 2 N–H and O–H groups in total. The van der Waals surface area contributed by atoms with E-state index in [-0.39, 0.29) is 24.4 Å². The summed E-state index contributed by atoms with van der Waals surface area (Å²) >= 11 is 1.66. The molecule has 0 aliphatic carbocycles. The van der Waals surface area contributed by atoms with Crippen LogP contribution in [0.2, 0.25) is 0 Å². The van der Waals surface area contributed by atoms with E-state index in [1.54, 1.807) is 29.3 Å². The molecule has 0 spiro atoms. The van der Waals surface area contributed by atoms with Gasteiger partial charge in [-0.05, 0) is 31.0 Å². The van der Waals surface area contributed by atoms with E-state index >= 15 is 0 Å². The number of carbonyl (C=O) groups is 1. The van der Waals surface area contributed by atoms with Crippen LogP contribution >= 0.6 is 23.7 Å². The Kier molecular flexibility index (Phi) is 6.19. The number of rotatable bonds is 5. The number of nitrogens with zero attached hydrogens (tertiary/aromatic N) is 2. The van der Waals surface area contributed by atoms with Gasteiger partial charge in [0.15, 0.2) is 0 Å². The zero-order valence-electron chi connectivity index (χ0n) is 11.7. The molecule has 110 valence electrons. The molecule has 1 amide bonds. The molecule has 0 aliphatic heterocycles. The highest BCUT2D eigenvalue weighted by Gasteiger charge is 2.19. The first-order valence-corrected chi connectivity index (χ1v) is 6.96. The lowest BCUT2D eigenvalue weighted by Gasteiger charge is -2.14. The third-order valence-corrected chi connectivity index (χ3v) is 4.02. The number of nitrogens with one attached hydrogen (secondary N) is 2. The molecule has 1 atom stereocenters. The molecule has 0 saturated carbocycles. The Labute approximate surface area is 128 Å². The van der Waals surface area contributed by atoms with Crippen molar-refractivity contribution >= 4 is 29.7 Å². The molecule has 20 heavy (non-hydrogen) atoms. The van der Waals surface area contributed by atoms with Gasteiger partial charge in [0.25, 0.3) is 0 Å². The number of halogens is 1. The van der Waals surface area contributed by atoms with E-state index in [1.807, 2.05) is 18.6 Å². The Morgan fingerprint density at radius 1 is 1.55 bits per heavy atom. The molecule has 0 bridgehead atoms. The maximum Gasteiger partial charge on any atom is 0.242 e. The van der Waals surface area contributed by atoms with Crippen molar-refractivity contribution in [3.8, 4) is 0 Å². The van der Waals surface area contributed by atoms with Gasteiger partial charge in [-0.15, -0.1) is 23.7 Å². The molecular weight excluding hydrogens is 296 g/mol. The lowest BCUT2D eigenvalue weighted by atomic mass is 10.1. The fourth-order valence-corrected chi connectivity index (χ4v) is 2.74. The molecule has 2 aromatic rings. The van der Waals surface area contributed by atoms with Crippen molar-refractivity contribution in [1.82, 2.24) is 20.4 Å². The van der Waals surface area contributed by atoms with Crippen LogP contribution in [0.5, 0.6) is 0 Å². The summed E-state index contributed by atoms with van der Waals surface area (Å²) in [5, 5.41) is 12.1. The number of likely N-dealkylation sites (N-methyl/N-ethyl adjacent to an activating group) is 1. The fourth-order valence-electron chi connectivity index (χ4n) is 1.89. The SMILES string of the molecule is CNC(C(=O)NCc1sccc1C)c1cnn(C)c1.Cl. The van der Waals surface area contributed by atoms with Crippen LogP contribution in [0.25, 0.3) is 0 Å². The van der Waals surface area contributed by atoms with Crippen molar-refractivity contribution in [1.29, 1.82) is 0 Å². The molecule has 2 rings (SSSR count). The number of carbonyl (C=O) groups excluding carboxylic acids is 1. The molecule has 2 heterocycles. The van der Waals surface area contributed by atoms with E-state index in [2.05, 4.69) is 28.7 Å². The number of thiophene rings is 1. The summed E-state index contributed by atoms with van der Waals surface area (Å²) in [7, 11) is 3.61. The molecule has 7 heteroatoms. The average molecular weight is 315 g/mol. The zero-order valence-corrected chi connectivity index (χ0v) is 13.3. The van der Waals surface area contributed by atoms with Crippen LogP contribution in [0.3, 0.4) is 0 Å². The standard InChI is InChI=1S/C13H18N4OS.ClH/c1-9-4-5-19-11(9)7-15-13(18)12(14-2)10-6-16-17(3)8-10;/h4-6,8,12,14H,7H2,1-3H3,(H,15,18);1H. The molecule has 0 aromatic carbocycles. The molecule has 0 radical (unpaired) electrons. The molecule has 0 saturated heterocycles. The quantitative estimate of drug-likeness (QED) is 0.884. The normalized spacial score (nSPS) is 11.8. The van der Waals surface area contributed by atoms with Crippen LogP contribution < -0.4 is 10.6 Å². The van der Waals surface area contributed by atoms with Gasteiger partial charge in [0.1, 0.15) is 6.04 Å². The van der Waals surface area contributed by atoms with E-state index in [0.717, 1.165) is 5.56 Å². The molecule has 1 unspecified atom stereocenters. The smallest absolute Gasteiger partial charge is 0.242 e. The summed E-state index contributed by atoms with van der Waals surface area (Å²) in [6.07, 6.45) is 3.55. The Morgan fingerprint density at radius 3 is 2.80 bits per heavy atom. The Bertz CT molecular complexity index is 566. The van der Waals surface area contributed by atoms with Crippen LogP contribution in [-0.2, 0) is 18.4 Å². The van der Waals surface area contributed by atoms with Gasteiger partial charge in [0.05, 0.1) is 12.7 Å². The van der Waals surface area contributed by atoms with Crippen molar-refractivity contribution < 1.29 is 4.79 Å². The molecule has 2 aromatic heterocycles. The van der Waals surface area contributed by atoms with Crippen LogP contribution in [0.15, 0.2) is 23.8 Å². The molecular formula is C13H19ClN4OS. The first-order valence-electron chi connectivity index (χ1n) is 6.08. The largest absolute Gasteiger partial charge is 0.350 e. The van der Waals surface area contributed by atoms with Gasteiger partial charge in [-0.1, -0.05) is 0 Å². The van der Waals surface area contributed by atoms with Crippen LogP contribution in [-0.4, -0.2) is 22.7 Å². The first kappa shape index (κ1) is 16.7. The number of aryl methyl sites for hydroxylation is 2. The van der Waals surface area contributed by atoms with Gasteiger partial charge in [-0.2, -0.15) is 5.10 Å².